The molecule has 0 atom stereocenters. The molecule has 3 nitrogen and oxygen atoms in total. The van der Waals surface area contributed by atoms with Crippen molar-refractivity contribution in [3.8, 4) is 0 Å². The number of hydrogen-bond donors (Lipinski definition) is 1. The lowest BCUT2D eigenvalue weighted by Gasteiger charge is -2.08. The molecule has 0 radical (unpaired) electrons. The van der Waals surface area contributed by atoms with Gasteiger partial charge in [0.25, 0.3) is 0 Å². The molecule has 0 saturated carbocycles. The predicted molar refractivity (Wildman–Crippen MR) is 70.1 cm³/mol. The summed E-state index contributed by atoms with van der Waals surface area (Å²) in [5.74, 6) is 0.578. The Labute approximate surface area is 104 Å². The molecule has 0 amide bonds. The predicted octanol–water partition coefficient (Wildman–Crippen LogP) is 2.30. The van der Waals surface area contributed by atoms with Gasteiger partial charge in [-0.25, -0.2) is 0 Å². The molecule has 2 N–H and O–H groups in total. The molecule has 0 saturated heterocycles. The molecule has 0 unspecified atom stereocenters. The van der Waals surface area contributed by atoms with E-state index < -0.39 is 0 Å². The fourth-order valence-corrected chi connectivity index (χ4v) is 1.49. The molecule has 96 valence electrons. The van der Waals surface area contributed by atoms with Gasteiger partial charge < -0.3 is 15.2 Å². The van der Waals surface area contributed by atoms with Crippen LogP contribution in [0.3, 0.4) is 0 Å². The SMILES string of the molecule is CC(C)c1ccc(COCCOCCN)cc1. The summed E-state index contributed by atoms with van der Waals surface area (Å²) in [4.78, 5) is 0. The Kier molecular flexibility index (Phi) is 6.86. The van der Waals surface area contributed by atoms with E-state index >= 15 is 0 Å². The van der Waals surface area contributed by atoms with E-state index in [0.717, 1.165) is 0 Å². The van der Waals surface area contributed by atoms with Crippen molar-refractivity contribution < 1.29 is 9.47 Å². The van der Waals surface area contributed by atoms with Gasteiger partial charge in [-0.05, 0) is 17.0 Å². The quantitative estimate of drug-likeness (QED) is 0.706. The average Bonchev–Trinajstić information content (AvgIpc) is 2.34. The first-order valence-electron chi connectivity index (χ1n) is 6.18. The Morgan fingerprint density at radius 2 is 1.65 bits per heavy atom. The zero-order valence-corrected chi connectivity index (χ0v) is 10.8. The van der Waals surface area contributed by atoms with E-state index in [1.807, 2.05) is 0 Å². The van der Waals surface area contributed by atoms with Crippen molar-refractivity contribution in [2.75, 3.05) is 26.4 Å². The summed E-state index contributed by atoms with van der Waals surface area (Å²) < 4.78 is 10.7. The van der Waals surface area contributed by atoms with E-state index in [0.29, 0.717) is 38.9 Å². The zero-order valence-electron chi connectivity index (χ0n) is 10.8. The molecule has 0 heterocycles. The summed E-state index contributed by atoms with van der Waals surface area (Å²) in [6.45, 7) is 7.43. The van der Waals surface area contributed by atoms with Crippen LogP contribution in [0, 0.1) is 0 Å². The normalized spacial score (nSPS) is 11.1. The zero-order chi connectivity index (χ0) is 12.5. The molecule has 1 rings (SSSR count). The molecular weight excluding hydrogens is 214 g/mol. The van der Waals surface area contributed by atoms with Crippen molar-refractivity contribution in [2.24, 2.45) is 5.73 Å². The largest absolute Gasteiger partial charge is 0.378 e. The third-order valence-electron chi connectivity index (χ3n) is 2.55. The van der Waals surface area contributed by atoms with E-state index in [-0.39, 0.29) is 0 Å². The second-order valence-corrected chi connectivity index (χ2v) is 4.35. The maximum atomic E-state index is 5.50. The fourth-order valence-electron chi connectivity index (χ4n) is 1.49. The third kappa shape index (κ3) is 5.82. The van der Waals surface area contributed by atoms with Crippen LogP contribution in [0.15, 0.2) is 24.3 Å². The number of ether oxygens (including phenoxy) is 2. The molecule has 3 heteroatoms. The minimum atomic E-state index is 0.566. The van der Waals surface area contributed by atoms with Gasteiger partial charge in [-0.1, -0.05) is 38.1 Å². The Morgan fingerprint density at radius 3 is 2.24 bits per heavy atom. The van der Waals surface area contributed by atoms with Gasteiger partial charge in [0.2, 0.25) is 0 Å². The lowest BCUT2D eigenvalue weighted by Crippen LogP contribution is -2.11. The van der Waals surface area contributed by atoms with E-state index in [2.05, 4.69) is 38.1 Å². The van der Waals surface area contributed by atoms with Crippen LogP contribution in [0.25, 0.3) is 0 Å². The van der Waals surface area contributed by atoms with Crippen molar-refractivity contribution in [3.05, 3.63) is 35.4 Å². The van der Waals surface area contributed by atoms with E-state index in [1.165, 1.54) is 11.1 Å². The van der Waals surface area contributed by atoms with Crippen LogP contribution >= 0.6 is 0 Å². The Morgan fingerprint density at radius 1 is 1.00 bits per heavy atom. The third-order valence-corrected chi connectivity index (χ3v) is 2.55. The second kappa shape index (κ2) is 8.23. The molecule has 1 aromatic carbocycles. The first-order chi connectivity index (χ1) is 8.24. The summed E-state index contributed by atoms with van der Waals surface area (Å²) in [5, 5.41) is 0. The monoisotopic (exact) mass is 237 g/mol. The molecule has 0 bridgehead atoms. The fraction of sp³-hybridized carbons (Fsp3) is 0.571. The number of nitrogens with two attached hydrogens (primary N) is 1. The van der Waals surface area contributed by atoms with Crippen LogP contribution in [0.4, 0.5) is 0 Å². The van der Waals surface area contributed by atoms with Crippen LogP contribution in [0.1, 0.15) is 30.9 Å². The average molecular weight is 237 g/mol. The van der Waals surface area contributed by atoms with Crippen molar-refractivity contribution >= 4 is 0 Å². The number of hydrogen-bond acceptors (Lipinski definition) is 3. The molecule has 0 spiro atoms. The summed E-state index contributed by atoms with van der Waals surface area (Å²) in [6, 6.07) is 8.56. The minimum Gasteiger partial charge on any atom is -0.378 e. The van der Waals surface area contributed by atoms with Crippen molar-refractivity contribution in [3.63, 3.8) is 0 Å². The summed E-state index contributed by atoms with van der Waals surface area (Å²) in [7, 11) is 0. The highest BCUT2D eigenvalue weighted by Gasteiger charge is 1.99. The molecule has 17 heavy (non-hydrogen) atoms. The van der Waals surface area contributed by atoms with Crippen molar-refractivity contribution in [1.29, 1.82) is 0 Å². The molecule has 1 aromatic rings. The molecule has 0 fully saturated rings. The molecule has 0 aliphatic carbocycles. The standard InChI is InChI=1S/C14H23NO2/c1-12(2)14-5-3-13(4-6-14)11-17-10-9-16-8-7-15/h3-6,12H,7-11,15H2,1-2H3. The lowest BCUT2D eigenvalue weighted by atomic mass is 10.0. The van der Waals surface area contributed by atoms with Crippen molar-refractivity contribution in [2.45, 2.75) is 26.4 Å². The van der Waals surface area contributed by atoms with Gasteiger partial charge in [0.1, 0.15) is 0 Å². The van der Waals surface area contributed by atoms with Gasteiger partial charge >= 0.3 is 0 Å². The highest BCUT2D eigenvalue weighted by Crippen LogP contribution is 2.14. The first kappa shape index (κ1) is 14.2. The molecular formula is C14H23NO2. The molecule has 0 aliphatic rings. The van der Waals surface area contributed by atoms with Crippen LogP contribution in [0.2, 0.25) is 0 Å². The van der Waals surface area contributed by atoms with Crippen LogP contribution in [-0.2, 0) is 16.1 Å². The lowest BCUT2D eigenvalue weighted by molar-refractivity contribution is 0.0433. The topological polar surface area (TPSA) is 44.5 Å². The highest BCUT2D eigenvalue weighted by atomic mass is 16.5. The summed E-state index contributed by atoms with van der Waals surface area (Å²) in [5.41, 5.74) is 7.87. The summed E-state index contributed by atoms with van der Waals surface area (Å²) in [6.07, 6.45) is 0. The van der Waals surface area contributed by atoms with Crippen LogP contribution in [-0.4, -0.2) is 26.4 Å². The summed E-state index contributed by atoms with van der Waals surface area (Å²) >= 11 is 0. The maximum absolute atomic E-state index is 5.50. The van der Waals surface area contributed by atoms with Gasteiger partial charge in [-0.15, -0.1) is 0 Å². The van der Waals surface area contributed by atoms with Gasteiger partial charge in [0.15, 0.2) is 0 Å². The van der Waals surface area contributed by atoms with Gasteiger partial charge in [-0.3, -0.25) is 0 Å². The minimum absolute atomic E-state index is 0.566. The van der Waals surface area contributed by atoms with Crippen LogP contribution < -0.4 is 5.73 Å². The highest BCUT2D eigenvalue weighted by molar-refractivity contribution is 5.24. The second-order valence-electron chi connectivity index (χ2n) is 4.35. The Hall–Kier alpha value is -0.900. The van der Waals surface area contributed by atoms with Crippen LogP contribution in [0.5, 0.6) is 0 Å². The smallest absolute Gasteiger partial charge is 0.0718 e. The molecule has 0 aliphatic heterocycles. The van der Waals surface area contributed by atoms with E-state index in [1.54, 1.807) is 0 Å². The molecule has 0 aromatic heterocycles. The first-order valence-corrected chi connectivity index (χ1v) is 6.18. The Bertz CT molecular complexity index is 296. The van der Waals surface area contributed by atoms with E-state index in [9.17, 15) is 0 Å². The number of benzene rings is 1. The van der Waals surface area contributed by atoms with Crippen molar-refractivity contribution in [1.82, 2.24) is 0 Å². The van der Waals surface area contributed by atoms with E-state index in [4.69, 9.17) is 15.2 Å². The Balaban J connectivity index is 2.19. The number of rotatable bonds is 8. The van der Waals surface area contributed by atoms with Gasteiger partial charge in [-0.2, -0.15) is 0 Å². The maximum Gasteiger partial charge on any atom is 0.0718 e. The van der Waals surface area contributed by atoms with Gasteiger partial charge in [0, 0.05) is 6.54 Å². The van der Waals surface area contributed by atoms with Gasteiger partial charge in [0.05, 0.1) is 26.4 Å².